The Bertz CT molecular complexity index is 471. The third-order valence-electron chi connectivity index (χ3n) is 4.62. The minimum atomic E-state index is -1.04. The standard InChI is InChI=1S/C16H26O6.4CH4/c1-7-15(4)9-16(13(19)21-6,10-22-12(15)18)8-14(2,3)11(17)20-5;;;;/h7-10H2,1-6H3;4*1H4. The van der Waals surface area contributed by atoms with E-state index in [2.05, 4.69) is 0 Å². The molecule has 0 radical (unpaired) electrons. The first kappa shape index (κ1) is 32.1. The molecule has 26 heavy (non-hydrogen) atoms. The second-order valence-corrected chi connectivity index (χ2v) is 6.99. The lowest BCUT2D eigenvalue weighted by Gasteiger charge is -2.44. The Morgan fingerprint density at radius 3 is 2.00 bits per heavy atom. The molecule has 1 rings (SSSR count). The number of carbonyl (C=O) groups excluding carboxylic acids is 3. The van der Waals surface area contributed by atoms with Crippen LogP contribution in [0, 0.1) is 16.2 Å². The van der Waals surface area contributed by atoms with Crippen molar-refractivity contribution in [2.75, 3.05) is 20.8 Å². The molecule has 1 fully saturated rings. The molecule has 0 amide bonds. The summed E-state index contributed by atoms with van der Waals surface area (Å²) in [6.45, 7) is 7.00. The molecule has 158 valence electrons. The predicted molar refractivity (Wildman–Crippen MR) is 106 cm³/mol. The Balaban J connectivity index is -0.000000605. The molecule has 1 aliphatic rings. The topological polar surface area (TPSA) is 78.9 Å². The Labute approximate surface area is 161 Å². The summed E-state index contributed by atoms with van der Waals surface area (Å²) in [4.78, 5) is 36.4. The Hall–Kier alpha value is -1.59. The minimum absolute atomic E-state index is 0. The molecule has 1 aliphatic heterocycles. The third-order valence-corrected chi connectivity index (χ3v) is 4.62. The van der Waals surface area contributed by atoms with Gasteiger partial charge in [0.05, 0.1) is 25.0 Å². The van der Waals surface area contributed by atoms with E-state index in [9.17, 15) is 14.4 Å². The first-order chi connectivity index (χ1) is 10.1. The highest BCUT2D eigenvalue weighted by Crippen LogP contribution is 2.49. The van der Waals surface area contributed by atoms with Crippen molar-refractivity contribution in [3.8, 4) is 0 Å². The van der Waals surface area contributed by atoms with Gasteiger partial charge < -0.3 is 14.2 Å². The molecule has 2 unspecified atom stereocenters. The number of hydrogen-bond acceptors (Lipinski definition) is 6. The van der Waals surface area contributed by atoms with Crippen molar-refractivity contribution in [2.45, 2.75) is 76.7 Å². The Morgan fingerprint density at radius 2 is 1.62 bits per heavy atom. The van der Waals surface area contributed by atoms with Gasteiger partial charge in [0.1, 0.15) is 12.0 Å². The van der Waals surface area contributed by atoms with Gasteiger partial charge in [-0.05, 0) is 40.0 Å². The molecular weight excluding hydrogens is 336 g/mol. The molecule has 0 bridgehead atoms. The summed E-state index contributed by atoms with van der Waals surface area (Å²) in [5.41, 5.74) is -2.69. The third kappa shape index (κ3) is 5.99. The molecule has 2 atom stereocenters. The molecule has 6 heteroatoms. The van der Waals surface area contributed by atoms with Crippen LogP contribution in [-0.4, -0.2) is 38.7 Å². The fourth-order valence-electron chi connectivity index (χ4n) is 3.25. The Kier molecular flexibility index (Phi) is 13.8. The van der Waals surface area contributed by atoms with E-state index in [0.29, 0.717) is 12.8 Å². The van der Waals surface area contributed by atoms with Gasteiger partial charge in [-0.1, -0.05) is 36.6 Å². The summed E-state index contributed by atoms with van der Waals surface area (Å²) in [7, 11) is 2.61. The van der Waals surface area contributed by atoms with Gasteiger partial charge in [-0.15, -0.1) is 0 Å². The Morgan fingerprint density at radius 1 is 1.12 bits per heavy atom. The molecule has 0 N–H and O–H groups in total. The second kappa shape index (κ2) is 11.2. The minimum Gasteiger partial charge on any atom is -0.469 e. The zero-order chi connectivity index (χ0) is 17.2. The van der Waals surface area contributed by atoms with Gasteiger partial charge in [-0.2, -0.15) is 0 Å². The summed E-state index contributed by atoms with van der Waals surface area (Å²) < 4.78 is 15.0. The quantitative estimate of drug-likeness (QED) is 0.512. The van der Waals surface area contributed by atoms with Gasteiger partial charge in [-0.25, -0.2) is 0 Å². The van der Waals surface area contributed by atoms with E-state index >= 15 is 0 Å². The van der Waals surface area contributed by atoms with Crippen molar-refractivity contribution < 1.29 is 28.6 Å². The van der Waals surface area contributed by atoms with Crippen LogP contribution in [0.5, 0.6) is 0 Å². The molecule has 1 saturated heterocycles. The van der Waals surface area contributed by atoms with Crippen molar-refractivity contribution >= 4 is 17.9 Å². The highest BCUT2D eigenvalue weighted by Gasteiger charge is 2.56. The van der Waals surface area contributed by atoms with Gasteiger partial charge in [0.2, 0.25) is 0 Å². The molecule has 0 aromatic heterocycles. The molecule has 0 spiro atoms. The summed E-state index contributed by atoms with van der Waals surface area (Å²) in [6.07, 6.45) is 1.04. The van der Waals surface area contributed by atoms with E-state index in [1.165, 1.54) is 14.2 Å². The summed E-state index contributed by atoms with van der Waals surface area (Å²) in [6, 6.07) is 0. The lowest BCUT2D eigenvalue weighted by atomic mass is 9.63. The molecular formula is C20H42O6. The van der Waals surface area contributed by atoms with Crippen LogP contribution in [0.15, 0.2) is 0 Å². The SMILES string of the molecule is C.C.C.C.CCC1(C)CC(CC(C)(C)C(=O)OC)(C(=O)OC)COC1=O. The number of methoxy groups -OCH3 is 2. The smallest absolute Gasteiger partial charge is 0.315 e. The van der Waals surface area contributed by atoms with E-state index in [1.807, 2.05) is 6.92 Å². The fraction of sp³-hybridized carbons (Fsp3) is 0.850. The molecule has 0 aromatic carbocycles. The normalized spacial score (nSPS) is 24.3. The van der Waals surface area contributed by atoms with Gasteiger partial charge in [0.25, 0.3) is 0 Å². The number of esters is 3. The van der Waals surface area contributed by atoms with Crippen molar-refractivity contribution in [1.82, 2.24) is 0 Å². The summed E-state index contributed by atoms with van der Waals surface area (Å²) >= 11 is 0. The average molecular weight is 379 g/mol. The van der Waals surface area contributed by atoms with Crippen LogP contribution in [0.1, 0.15) is 76.7 Å². The van der Waals surface area contributed by atoms with Crippen molar-refractivity contribution in [3.05, 3.63) is 0 Å². The summed E-state index contributed by atoms with van der Waals surface area (Å²) in [5.74, 6) is -1.19. The number of rotatable bonds is 5. The van der Waals surface area contributed by atoms with Crippen LogP contribution < -0.4 is 0 Å². The first-order valence-corrected chi connectivity index (χ1v) is 7.41. The number of ether oxygens (including phenoxy) is 3. The largest absolute Gasteiger partial charge is 0.469 e. The second-order valence-electron chi connectivity index (χ2n) is 6.99. The van der Waals surface area contributed by atoms with Crippen LogP contribution in [0.4, 0.5) is 0 Å². The van der Waals surface area contributed by atoms with Crippen LogP contribution in [-0.2, 0) is 28.6 Å². The van der Waals surface area contributed by atoms with Gasteiger partial charge in [0, 0.05) is 0 Å². The maximum absolute atomic E-state index is 12.4. The van der Waals surface area contributed by atoms with Crippen molar-refractivity contribution in [3.63, 3.8) is 0 Å². The number of carbonyl (C=O) groups is 3. The zero-order valence-electron chi connectivity index (χ0n) is 14.3. The van der Waals surface area contributed by atoms with Crippen LogP contribution in [0.3, 0.4) is 0 Å². The summed E-state index contributed by atoms with van der Waals surface area (Å²) in [5, 5.41) is 0. The molecule has 0 aliphatic carbocycles. The maximum atomic E-state index is 12.4. The lowest BCUT2D eigenvalue weighted by molar-refractivity contribution is -0.188. The van der Waals surface area contributed by atoms with Gasteiger partial charge in [0.15, 0.2) is 0 Å². The number of hydrogen-bond donors (Lipinski definition) is 0. The maximum Gasteiger partial charge on any atom is 0.315 e. The average Bonchev–Trinajstić information content (AvgIpc) is 2.48. The lowest BCUT2D eigenvalue weighted by Crippen LogP contribution is -2.52. The zero-order valence-corrected chi connectivity index (χ0v) is 14.3. The highest BCUT2D eigenvalue weighted by molar-refractivity contribution is 5.85. The van der Waals surface area contributed by atoms with E-state index in [1.54, 1.807) is 20.8 Å². The number of cyclic esters (lactones) is 1. The van der Waals surface area contributed by atoms with Crippen LogP contribution >= 0.6 is 0 Å². The molecule has 0 aromatic rings. The van der Waals surface area contributed by atoms with E-state index in [-0.39, 0.29) is 48.7 Å². The first-order valence-electron chi connectivity index (χ1n) is 7.41. The van der Waals surface area contributed by atoms with Crippen LogP contribution in [0.2, 0.25) is 0 Å². The van der Waals surface area contributed by atoms with E-state index < -0.39 is 28.2 Å². The highest BCUT2D eigenvalue weighted by atomic mass is 16.6. The van der Waals surface area contributed by atoms with Crippen molar-refractivity contribution in [2.24, 2.45) is 16.2 Å². The molecule has 6 nitrogen and oxygen atoms in total. The molecule has 1 heterocycles. The van der Waals surface area contributed by atoms with E-state index in [0.717, 1.165) is 0 Å². The fourth-order valence-corrected chi connectivity index (χ4v) is 3.25. The van der Waals surface area contributed by atoms with Gasteiger partial charge >= 0.3 is 17.9 Å². The predicted octanol–water partition coefficient (Wildman–Crippen LogP) is 4.64. The molecule has 0 saturated carbocycles. The monoisotopic (exact) mass is 378 g/mol. The van der Waals surface area contributed by atoms with Gasteiger partial charge in [-0.3, -0.25) is 14.4 Å². The van der Waals surface area contributed by atoms with Crippen LogP contribution in [0.25, 0.3) is 0 Å². The van der Waals surface area contributed by atoms with E-state index in [4.69, 9.17) is 14.2 Å². The van der Waals surface area contributed by atoms with Crippen molar-refractivity contribution in [1.29, 1.82) is 0 Å².